The average Bonchev–Trinajstić information content (AvgIpc) is 2.55. The van der Waals surface area contributed by atoms with E-state index in [1.807, 2.05) is 19.1 Å². The Hall–Kier alpha value is -2.83. The first-order valence-corrected chi connectivity index (χ1v) is 6.94. The normalized spacial score (nSPS) is 10.4. The number of hydrogen-bond donors (Lipinski definition) is 2. The number of amides is 1. The van der Waals surface area contributed by atoms with Crippen LogP contribution < -0.4 is 10.6 Å². The van der Waals surface area contributed by atoms with Crippen molar-refractivity contribution in [2.24, 2.45) is 0 Å². The van der Waals surface area contributed by atoms with E-state index >= 15 is 0 Å². The van der Waals surface area contributed by atoms with Crippen molar-refractivity contribution in [3.8, 4) is 12.1 Å². The molecule has 0 aliphatic carbocycles. The quantitative estimate of drug-likeness (QED) is 0.434. The van der Waals surface area contributed by atoms with Crippen LogP contribution in [0.5, 0.6) is 0 Å². The third kappa shape index (κ3) is 5.66. The van der Waals surface area contributed by atoms with Gasteiger partial charge in [-0.25, -0.2) is 0 Å². The van der Waals surface area contributed by atoms with E-state index in [2.05, 4.69) is 10.6 Å². The van der Waals surface area contributed by atoms with Gasteiger partial charge in [0.1, 0.15) is 17.7 Å². The topological polar surface area (TPSA) is 97.9 Å². The molecule has 0 spiro atoms. The summed E-state index contributed by atoms with van der Waals surface area (Å²) in [5.41, 5.74) is 0.930. The Morgan fingerprint density at radius 3 is 2.82 bits per heavy atom. The molecular weight excluding hydrogens is 280 g/mol. The van der Waals surface area contributed by atoms with Crippen molar-refractivity contribution in [2.75, 3.05) is 25.1 Å². The predicted octanol–water partition coefficient (Wildman–Crippen LogP) is 1.92. The number of ether oxygens (including phenoxy) is 1. The fourth-order valence-electron chi connectivity index (χ4n) is 1.62. The van der Waals surface area contributed by atoms with E-state index < -0.39 is 5.91 Å². The van der Waals surface area contributed by atoms with Crippen molar-refractivity contribution in [1.82, 2.24) is 5.32 Å². The highest BCUT2D eigenvalue weighted by Crippen LogP contribution is 2.13. The number of carbonyl (C=O) groups is 1. The van der Waals surface area contributed by atoms with Crippen molar-refractivity contribution in [3.05, 3.63) is 41.6 Å². The molecular formula is C16H18N4O2. The Morgan fingerprint density at radius 2 is 2.14 bits per heavy atom. The zero-order chi connectivity index (χ0) is 16.2. The van der Waals surface area contributed by atoms with Gasteiger partial charge in [-0.1, -0.05) is 12.1 Å². The summed E-state index contributed by atoms with van der Waals surface area (Å²) in [5, 5.41) is 23.5. The molecule has 6 nitrogen and oxygen atoms in total. The number of benzene rings is 1. The summed E-state index contributed by atoms with van der Waals surface area (Å²) in [7, 11) is 0. The van der Waals surface area contributed by atoms with Crippen LogP contribution >= 0.6 is 0 Å². The van der Waals surface area contributed by atoms with Gasteiger partial charge in [0.15, 0.2) is 0 Å². The Labute approximate surface area is 130 Å². The third-order valence-electron chi connectivity index (χ3n) is 2.74. The molecule has 2 N–H and O–H groups in total. The zero-order valence-electron chi connectivity index (χ0n) is 12.4. The molecule has 0 bridgehead atoms. The predicted molar refractivity (Wildman–Crippen MR) is 82.6 cm³/mol. The molecule has 0 saturated carbocycles. The van der Waals surface area contributed by atoms with Crippen molar-refractivity contribution in [1.29, 1.82) is 10.5 Å². The van der Waals surface area contributed by atoms with E-state index in [-0.39, 0.29) is 5.57 Å². The summed E-state index contributed by atoms with van der Waals surface area (Å²) >= 11 is 0. The van der Waals surface area contributed by atoms with Crippen LogP contribution in [0.15, 0.2) is 36.0 Å². The molecule has 114 valence electrons. The number of anilines is 1. The number of para-hydroxylation sites is 1. The lowest BCUT2D eigenvalue weighted by Crippen LogP contribution is -2.26. The molecule has 1 amide bonds. The smallest absolute Gasteiger partial charge is 0.263 e. The van der Waals surface area contributed by atoms with Crippen LogP contribution in [-0.2, 0) is 9.53 Å². The van der Waals surface area contributed by atoms with Crippen LogP contribution in [0.1, 0.15) is 18.9 Å². The van der Waals surface area contributed by atoms with Crippen LogP contribution in [0.3, 0.4) is 0 Å². The molecule has 6 heteroatoms. The first kappa shape index (κ1) is 17.2. The molecule has 0 fully saturated rings. The highest BCUT2D eigenvalue weighted by molar-refractivity contribution is 5.97. The Balaban J connectivity index is 2.58. The first-order chi connectivity index (χ1) is 10.7. The van der Waals surface area contributed by atoms with E-state index in [1.165, 1.54) is 6.20 Å². The van der Waals surface area contributed by atoms with Gasteiger partial charge in [-0.15, -0.1) is 0 Å². The molecule has 0 radical (unpaired) electrons. The minimum absolute atomic E-state index is 0.0517. The minimum Gasteiger partial charge on any atom is -0.382 e. The van der Waals surface area contributed by atoms with E-state index in [9.17, 15) is 4.79 Å². The van der Waals surface area contributed by atoms with Crippen LogP contribution in [0.25, 0.3) is 0 Å². The maximum atomic E-state index is 11.8. The number of nitrogens with one attached hydrogen (secondary N) is 2. The van der Waals surface area contributed by atoms with Gasteiger partial charge in [0.05, 0.1) is 11.3 Å². The van der Waals surface area contributed by atoms with Crippen LogP contribution in [0.4, 0.5) is 5.69 Å². The summed E-state index contributed by atoms with van der Waals surface area (Å²) in [6, 6.07) is 10.7. The van der Waals surface area contributed by atoms with Crippen molar-refractivity contribution >= 4 is 11.6 Å². The molecule has 0 heterocycles. The summed E-state index contributed by atoms with van der Waals surface area (Å²) in [6.07, 6.45) is 1.98. The van der Waals surface area contributed by atoms with E-state index in [0.717, 1.165) is 0 Å². The van der Waals surface area contributed by atoms with Crippen molar-refractivity contribution in [2.45, 2.75) is 13.3 Å². The van der Waals surface area contributed by atoms with Crippen molar-refractivity contribution < 1.29 is 9.53 Å². The van der Waals surface area contributed by atoms with Crippen molar-refractivity contribution in [3.63, 3.8) is 0 Å². The van der Waals surface area contributed by atoms with Gasteiger partial charge in [-0.2, -0.15) is 10.5 Å². The number of nitriles is 2. The van der Waals surface area contributed by atoms with E-state index in [4.69, 9.17) is 15.3 Å². The lowest BCUT2D eigenvalue weighted by Gasteiger charge is -2.06. The summed E-state index contributed by atoms with van der Waals surface area (Å²) < 4.78 is 5.16. The highest BCUT2D eigenvalue weighted by Gasteiger charge is 2.08. The molecule has 0 aliphatic heterocycles. The third-order valence-corrected chi connectivity index (χ3v) is 2.74. The number of carbonyl (C=O) groups excluding carboxylic acids is 1. The fraction of sp³-hybridized carbons (Fsp3) is 0.312. The molecule has 22 heavy (non-hydrogen) atoms. The summed E-state index contributed by atoms with van der Waals surface area (Å²) in [6.45, 7) is 3.54. The SMILES string of the molecule is CCOCCCNC(=O)/C(C#N)=C\Nc1ccccc1C#N. The van der Waals surface area contributed by atoms with E-state index in [0.29, 0.717) is 37.4 Å². The monoisotopic (exact) mass is 298 g/mol. The molecule has 0 aromatic heterocycles. The molecule has 0 atom stereocenters. The molecule has 0 aliphatic rings. The highest BCUT2D eigenvalue weighted by atomic mass is 16.5. The standard InChI is InChI=1S/C16H18N4O2/c1-2-22-9-5-8-19-16(21)14(11-18)12-20-15-7-4-3-6-13(15)10-17/h3-4,6-7,12,20H,2,5,8-9H2,1H3,(H,19,21)/b14-12-. The Morgan fingerprint density at radius 1 is 1.36 bits per heavy atom. The lowest BCUT2D eigenvalue weighted by atomic mass is 10.2. The number of rotatable bonds is 8. The molecule has 0 unspecified atom stereocenters. The summed E-state index contributed by atoms with van der Waals surface area (Å²) in [5.74, 6) is -0.457. The second kappa shape index (κ2) is 9.98. The van der Waals surface area contributed by atoms with Gasteiger partial charge in [-0.05, 0) is 25.5 Å². The fourth-order valence-corrected chi connectivity index (χ4v) is 1.62. The number of hydrogen-bond acceptors (Lipinski definition) is 5. The first-order valence-electron chi connectivity index (χ1n) is 6.94. The van der Waals surface area contributed by atoms with Gasteiger partial charge >= 0.3 is 0 Å². The lowest BCUT2D eigenvalue weighted by molar-refractivity contribution is -0.117. The maximum absolute atomic E-state index is 11.8. The minimum atomic E-state index is -0.457. The van der Waals surface area contributed by atoms with Gasteiger partial charge in [0.2, 0.25) is 0 Å². The maximum Gasteiger partial charge on any atom is 0.263 e. The largest absolute Gasteiger partial charge is 0.382 e. The van der Waals surface area contributed by atoms with E-state index in [1.54, 1.807) is 24.3 Å². The number of nitrogens with zero attached hydrogens (tertiary/aromatic N) is 2. The second-order valence-electron chi connectivity index (χ2n) is 4.28. The molecule has 1 rings (SSSR count). The Kier molecular flexibility index (Phi) is 7.81. The van der Waals surface area contributed by atoms with Gasteiger partial charge < -0.3 is 15.4 Å². The molecule has 0 saturated heterocycles. The van der Waals surface area contributed by atoms with Gasteiger partial charge in [0.25, 0.3) is 5.91 Å². The van der Waals surface area contributed by atoms with Gasteiger partial charge in [0, 0.05) is 26.0 Å². The summed E-state index contributed by atoms with van der Waals surface area (Å²) in [4.78, 5) is 11.8. The second-order valence-corrected chi connectivity index (χ2v) is 4.28. The zero-order valence-corrected chi connectivity index (χ0v) is 12.4. The average molecular weight is 298 g/mol. The van der Waals surface area contributed by atoms with Crippen LogP contribution in [0.2, 0.25) is 0 Å². The van der Waals surface area contributed by atoms with Crippen LogP contribution in [0, 0.1) is 22.7 Å². The van der Waals surface area contributed by atoms with Gasteiger partial charge in [-0.3, -0.25) is 4.79 Å². The Bertz CT molecular complexity index is 611. The molecule has 1 aromatic rings. The molecule has 1 aromatic carbocycles. The van der Waals surface area contributed by atoms with Crippen LogP contribution in [-0.4, -0.2) is 25.7 Å².